The molecule has 0 spiro atoms. The number of nitrogens with one attached hydrogen (secondary N) is 1. The van der Waals surface area contributed by atoms with Crippen LogP contribution in [-0.2, 0) is 21.9 Å². The summed E-state index contributed by atoms with van der Waals surface area (Å²) in [4.78, 5) is 12.2. The first-order valence-electron chi connectivity index (χ1n) is 7.92. The van der Waals surface area contributed by atoms with Gasteiger partial charge in [0.2, 0.25) is 15.9 Å². The van der Waals surface area contributed by atoms with E-state index >= 15 is 0 Å². The minimum absolute atomic E-state index is 0.125. The van der Waals surface area contributed by atoms with Gasteiger partial charge >= 0.3 is 0 Å². The average Bonchev–Trinajstić information content (AvgIpc) is 3.10. The second-order valence-corrected chi connectivity index (χ2v) is 8.68. The minimum Gasteiger partial charge on any atom is -0.359 e. The largest absolute Gasteiger partial charge is 0.359 e. The number of aryl methyl sites for hydroxylation is 1. The van der Waals surface area contributed by atoms with Gasteiger partial charge in [-0.25, -0.2) is 12.7 Å². The molecule has 1 aromatic rings. The van der Waals surface area contributed by atoms with Gasteiger partial charge in [-0.05, 0) is 17.9 Å². The number of sulfonamides is 1. The van der Waals surface area contributed by atoms with E-state index < -0.39 is 10.0 Å². The lowest BCUT2D eigenvalue weighted by Crippen LogP contribution is -2.34. The van der Waals surface area contributed by atoms with Crippen LogP contribution in [0.4, 0.5) is 0 Å². The lowest BCUT2D eigenvalue weighted by atomic mass is 9.90. The highest BCUT2D eigenvalue weighted by Gasteiger charge is 2.42. The van der Waals surface area contributed by atoms with E-state index in [4.69, 9.17) is 0 Å². The van der Waals surface area contributed by atoms with Gasteiger partial charge in [0, 0.05) is 39.3 Å². The number of hydrogen-bond acceptors (Lipinski definition) is 4. The van der Waals surface area contributed by atoms with Crippen LogP contribution in [0.5, 0.6) is 0 Å². The molecule has 2 rings (SSSR count). The number of rotatable bonds is 6. The van der Waals surface area contributed by atoms with Crippen molar-refractivity contribution < 1.29 is 13.2 Å². The fourth-order valence-corrected chi connectivity index (χ4v) is 4.73. The van der Waals surface area contributed by atoms with Crippen molar-refractivity contribution in [1.82, 2.24) is 19.4 Å². The smallest absolute Gasteiger partial charge is 0.224 e. The Morgan fingerprint density at radius 1 is 1.43 bits per heavy atom. The first-order valence-corrected chi connectivity index (χ1v) is 9.53. The van der Waals surface area contributed by atoms with E-state index in [1.807, 2.05) is 27.1 Å². The van der Waals surface area contributed by atoms with E-state index in [9.17, 15) is 13.2 Å². The molecule has 8 heteroatoms. The fraction of sp³-hybridized carbons (Fsp3) is 0.733. The molecule has 1 amide bonds. The van der Waals surface area contributed by atoms with Gasteiger partial charge in [0.15, 0.2) is 0 Å². The third-order valence-electron chi connectivity index (χ3n) is 4.37. The second kappa shape index (κ2) is 7.00. The van der Waals surface area contributed by atoms with Gasteiger partial charge in [0.25, 0.3) is 0 Å². The standard InChI is InChI=1S/C15H26N4O3S/c1-11(2)5-6-23(21,22)19-9-13(12-7-17-18(4)8-12)14(10-19)15(20)16-3/h7-8,11,13-14H,5-6,9-10H2,1-4H3,(H,16,20)/t13-,14+/m1/s1. The van der Waals surface area contributed by atoms with Crippen LogP contribution in [0.3, 0.4) is 0 Å². The fourth-order valence-electron chi connectivity index (χ4n) is 2.93. The molecule has 0 aliphatic carbocycles. The topological polar surface area (TPSA) is 84.3 Å². The van der Waals surface area contributed by atoms with Crippen molar-refractivity contribution in [2.24, 2.45) is 18.9 Å². The summed E-state index contributed by atoms with van der Waals surface area (Å²) in [5.41, 5.74) is 0.905. The average molecular weight is 342 g/mol. The van der Waals surface area contributed by atoms with Crippen LogP contribution >= 0.6 is 0 Å². The number of amides is 1. The highest BCUT2D eigenvalue weighted by Crippen LogP contribution is 2.34. The molecule has 0 saturated carbocycles. The quantitative estimate of drug-likeness (QED) is 0.818. The number of hydrogen-bond donors (Lipinski definition) is 1. The summed E-state index contributed by atoms with van der Waals surface area (Å²) in [6, 6.07) is 0. The lowest BCUT2D eigenvalue weighted by Gasteiger charge is -2.17. The summed E-state index contributed by atoms with van der Waals surface area (Å²) < 4.78 is 28.2. The van der Waals surface area contributed by atoms with Crippen molar-refractivity contribution in [1.29, 1.82) is 0 Å². The summed E-state index contributed by atoms with van der Waals surface area (Å²) in [6.07, 6.45) is 4.19. The van der Waals surface area contributed by atoms with Crippen molar-refractivity contribution in [3.05, 3.63) is 18.0 Å². The predicted molar refractivity (Wildman–Crippen MR) is 88.3 cm³/mol. The summed E-state index contributed by atoms with van der Waals surface area (Å²) in [7, 11) is 0.0542. The normalized spacial score (nSPS) is 22.7. The Labute approximate surface area is 138 Å². The molecule has 0 unspecified atom stereocenters. The molecule has 2 heterocycles. The molecule has 1 fully saturated rings. The third kappa shape index (κ3) is 4.11. The Balaban J connectivity index is 2.21. The maximum Gasteiger partial charge on any atom is 0.224 e. The van der Waals surface area contributed by atoms with Gasteiger partial charge in [-0.2, -0.15) is 5.10 Å². The first-order chi connectivity index (χ1) is 10.7. The summed E-state index contributed by atoms with van der Waals surface area (Å²) >= 11 is 0. The highest BCUT2D eigenvalue weighted by molar-refractivity contribution is 7.89. The Kier molecular flexibility index (Phi) is 5.46. The van der Waals surface area contributed by atoms with E-state index in [1.54, 1.807) is 17.9 Å². The van der Waals surface area contributed by atoms with Crippen LogP contribution in [0.25, 0.3) is 0 Å². The Bertz CT molecular complexity index is 653. The third-order valence-corrected chi connectivity index (χ3v) is 6.21. The monoisotopic (exact) mass is 342 g/mol. The van der Waals surface area contributed by atoms with Crippen LogP contribution in [0.1, 0.15) is 31.7 Å². The van der Waals surface area contributed by atoms with E-state index in [2.05, 4.69) is 10.4 Å². The molecule has 0 bridgehead atoms. The summed E-state index contributed by atoms with van der Waals surface area (Å²) in [5.74, 6) is -0.197. The van der Waals surface area contributed by atoms with Crippen molar-refractivity contribution in [3.8, 4) is 0 Å². The SMILES string of the molecule is CNC(=O)[C@H]1CN(S(=O)(=O)CCC(C)C)C[C@@H]1c1cnn(C)c1. The van der Waals surface area contributed by atoms with Crippen molar-refractivity contribution >= 4 is 15.9 Å². The molecule has 1 aliphatic heterocycles. The van der Waals surface area contributed by atoms with E-state index in [1.165, 1.54) is 4.31 Å². The van der Waals surface area contributed by atoms with E-state index in [0.717, 1.165) is 5.56 Å². The molecule has 130 valence electrons. The summed E-state index contributed by atoms with van der Waals surface area (Å²) in [5, 5.41) is 6.79. The van der Waals surface area contributed by atoms with Crippen molar-refractivity contribution in [2.75, 3.05) is 25.9 Å². The van der Waals surface area contributed by atoms with Crippen molar-refractivity contribution in [2.45, 2.75) is 26.2 Å². The number of nitrogens with zero attached hydrogens (tertiary/aromatic N) is 3. The first kappa shape index (κ1) is 17.9. The zero-order chi connectivity index (χ0) is 17.2. The van der Waals surface area contributed by atoms with Gasteiger partial charge in [-0.15, -0.1) is 0 Å². The van der Waals surface area contributed by atoms with Crippen LogP contribution in [0.15, 0.2) is 12.4 Å². The lowest BCUT2D eigenvalue weighted by molar-refractivity contribution is -0.124. The van der Waals surface area contributed by atoms with E-state index in [-0.39, 0.29) is 30.0 Å². The van der Waals surface area contributed by atoms with Gasteiger partial charge in [-0.3, -0.25) is 9.48 Å². The maximum absolute atomic E-state index is 12.5. The Morgan fingerprint density at radius 2 is 2.13 bits per heavy atom. The summed E-state index contributed by atoms with van der Waals surface area (Å²) in [6.45, 7) is 4.58. The van der Waals surface area contributed by atoms with Crippen molar-refractivity contribution in [3.63, 3.8) is 0 Å². The van der Waals surface area contributed by atoms with Gasteiger partial charge < -0.3 is 5.32 Å². The molecular formula is C15H26N4O3S. The Hall–Kier alpha value is -1.41. The predicted octanol–water partition coefficient (Wildman–Crippen LogP) is 0.557. The molecule has 1 N–H and O–H groups in total. The highest BCUT2D eigenvalue weighted by atomic mass is 32.2. The van der Waals surface area contributed by atoms with Crippen LogP contribution < -0.4 is 5.32 Å². The molecule has 0 aromatic carbocycles. The number of aromatic nitrogens is 2. The van der Waals surface area contributed by atoms with Crippen LogP contribution in [-0.4, -0.2) is 54.3 Å². The van der Waals surface area contributed by atoms with Gasteiger partial charge in [-0.1, -0.05) is 13.8 Å². The zero-order valence-electron chi connectivity index (χ0n) is 14.2. The molecule has 0 radical (unpaired) electrons. The Morgan fingerprint density at radius 3 is 2.65 bits per heavy atom. The molecule has 2 atom stereocenters. The van der Waals surface area contributed by atoms with Crippen LogP contribution in [0.2, 0.25) is 0 Å². The van der Waals surface area contributed by atoms with Gasteiger partial charge in [0.1, 0.15) is 0 Å². The molecule has 1 saturated heterocycles. The minimum atomic E-state index is -3.34. The second-order valence-electron chi connectivity index (χ2n) is 6.59. The molecule has 23 heavy (non-hydrogen) atoms. The molecular weight excluding hydrogens is 316 g/mol. The van der Waals surface area contributed by atoms with Crippen LogP contribution in [0, 0.1) is 11.8 Å². The zero-order valence-corrected chi connectivity index (χ0v) is 15.0. The molecule has 1 aliphatic rings. The van der Waals surface area contributed by atoms with Gasteiger partial charge in [0.05, 0.1) is 17.9 Å². The number of carbonyl (C=O) groups excluding carboxylic acids is 1. The molecule has 7 nitrogen and oxygen atoms in total. The van der Waals surface area contributed by atoms with E-state index in [0.29, 0.717) is 18.9 Å². The molecule has 1 aromatic heterocycles. The number of carbonyl (C=O) groups is 1. The maximum atomic E-state index is 12.5.